The van der Waals surface area contributed by atoms with Gasteiger partial charge in [-0.05, 0) is 24.1 Å². The van der Waals surface area contributed by atoms with Gasteiger partial charge in [0, 0.05) is 0 Å². The summed E-state index contributed by atoms with van der Waals surface area (Å²) in [6, 6.07) is 7.38. The van der Waals surface area contributed by atoms with Crippen molar-refractivity contribution in [2.75, 3.05) is 6.61 Å². The third-order valence-corrected chi connectivity index (χ3v) is 3.57. The molecule has 1 aromatic heterocycles. The van der Waals surface area contributed by atoms with Gasteiger partial charge in [-0.3, -0.25) is 0 Å². The number of hydrogen-bond acceptors (Lipinski definition) is 4. The highest BCUT2D eigenvalue weighted by molar-refractivity contribution is 7.15. The third kappa shape index (κ3) is 3.22. The zero-order valence-corrected chi connectivity index (χ0v) is 11.5. The first-order chi connectivity index (χ1) is 8.70. The van der Waals surface area contributed by atoms with Crippen LogP contribution in [0.2, 0.25) is 4.34 Å². The fraction of sp³-hybridized carbons (Fsp3) is 0.308. The Morgan fingerprint density at radius 2 is 2.11 bits per heavy atom. The number of aliphatic hydroxyl groups excluding tert-OH is 1. The second-order valence-electron chi connectivity index (χ2n) is 3.82. The van der Waals surface area contributed by atoms with Gasteiger partial charge >= 0.3 is 0 Å². The molecule has 2 aromatic rings. The van der Waals surface area contributed by atoms with Crippen LogP contribution in [-0.4, -0.2) is 16.7 Å². The molecule has 0 saturated carbocycles. The molecular formula is C13H14ClNO2S. The number of ether oxygens (including phenoxy) is 1. The molecule has 1 N–H and O–H groups in total. The van der Waals surface area contributed by atoms with E-state index in [2.05, 4.69) is 11.9 Å². The number of rotatable bonds is 5. The lowest BCUT2D eigenvalue weighted by Gasteiger charge is -2.09. The van der Waals surface area contributed by atoms with Crippen molar-refractivity contribution < 1.29 is 9.84 Å². The van der Waals surface area contributed by atoms with Gasteiger partial charge in [0.25, 0.3) is 0 Å². The largest absolute Gasteiger partial charge is 0.494 e. The smallest absolute Gasteiger partial charge is 0.131 e. The Morgan fingerprint density at radius 1 is 1.39 bits per heavy atom. The van der Waals surface area contributed by atoms with E-state index in [0.717, 1.165) is 17.7 Å². The van der Waals surface area contributed by atoms with E-state index in [-0.39, 0.29) is 0 Å². The minimum atomic E-state index is -0.734. The monoisotopic (exact) mass is 283 g/mol. The molecule has 1 heterocycles. The van der Waals surface area contributed by atoms with Crippen molar-refractivity contribution in [2.45, 2.75) is 19.4 Å². The molecule has 5 heteroatoms. The van der Waals surface area contributed by atoms with E-state index in [4.69, 9.17) is 16.3 Å². The van der Waals surface area contributed by atoms with Crippen LogP contribution in [0.5, 0.6) is 5.75 Å². The number of benzene rings is 1. The first kappa shape index (κ1) is 13.3. The minimum absolute atomic E-state index is 0.576. The van der Waals surface area contributed by atoms with Gasteiger partial charge in [-0.25, -0.2) is 4.98 Å². The molecule has 18 heavy (non-hydrogen) atoms. The van der Waals surface area contributed by atoms with Crippen LogP contribution in [0.15, 0.2) is 30.5 Å². The Balaban J connectivity index is 2.09. The maximum Gasteiger partial charge on any atom is 0.131 e. The number of nitrogens with zero attached hydrogens (tertiary/aromatic N) is 1. The van der Waals surface area contributed by atoms with Crippen LogP contribution in [-0.2, 0) is 0 Å². The summed E-state index contributed by atoms with van der Waals surface area (Å²) in [6.45, 7) is 2.76. The molecule has 1 aromatic carbocycles. The summed E-state index contributed by atoms with van der Waals surface area (Å²) in [5.74, 6) is 0.810. The van der Waals surface area contributed by atoms with Crippen molar-refractivity contribution in [3.63, 3.8) is 0 Å². The zero-order chi connectivity index (χ0) is 13.0. The molecule has 0 aliphatic carbocycles. The Morgan fingerprint density at radius 3 is 2.67 bits per heavy atom. The molecule has 0 amide bonds. The lowest BCUT2D eigenvalue weighted by Crippen LogP contribution is -1.99. The normalized spacial score (nSPS) is 12.4. The van der Waals surface area contributed by atoms with Gasteiger partial charge in [-0.15, -0.1) is 11.3 Å². The lowest BCUT2D eigenvalue weighted by atomic mass is 10.1. The van der Waals surface area contributed by atoms with Crippen molar-refractivity contribution in [3.8, 4) is 5.75 Å². The molecule has 0 radical (unpaired) electrons. The van der Waals surface area contributed by atoms with Crippen LogP contribution in [0, 0.1) is 0 Å². The maximum atomic E-state index is 10.1. The quantitative estimate of drug-likeness (QED) is 0.910. The highest BCUT2D eigenvalue weighted by Gasteiger charge is 2.14. The second-order valence-corrected chi connectivity index (χ2v) is 5.52. The van der Waals surface area contributed by atoms with Gasteiger partial charge in [-0.2, -0.15) is 0 Å². The molecule has 2 rings (SSSR count). The fourth-order valence-corrected chi connectivity index (χ4v) is 2.45. The summed E-state index contributed by atoms with van der Waals surface area (Å²) in [5.41, 5.74) is 0.782. The van der Waals surface area contributed by atoms with Crippen LogP contribution in [0.1, 0.15) is 30.0 Å². The van der Waals surface area contributed by atoms with Crippen molar-refractivity contribution in [2.24, 2.45) is 0 Å². The van der Waals surface area contributed by atoms with E-state index < -0.39 is 6.10 Å². The topological polar surface area (TPSA) is 42.4 Å². The Bertz CT molecular complexity index is 498. The van der Waals surface area contributed by atoms with Crippen LogP contribution >= 0.6 is 22.9 Å². The van der Waals surface area contributed by atoms with E-state index in [0.29, 0.717) is 16.0 Å². The summed E-state index contributed by atoms with van der Waals surface area (Å²) in [6.07, 6.45) is 1.79. The summed E-state index contributed by atoms with van der Waals surface area (Å²) >= 11 is 7.08. The van der Waals surface area contributed by atoms with Crippen molar-refractivity contribution in [1.82, 2.24) is 4.98 Å². The molecule has 0 saturated heterocycles. The first-order valence-electron chi connectivity index (χ1n) is 5.72. The third-order valence-electron chi connectivity index (χ3n) is 2.40. The maximum absolute atomic E-state index is 10.1. The van der Waals surface area contributed by atoms with Gasteiger partial charge in [0.05, 0.1) is 12.8 Å². The molecular weight excluding hydrogens is 270 g/mol. The number of aliphatic hydroxyl groups is 1. The molecule has 3 nitrogen and oxygen atoms in total. The highest BCUT2D eigenvalue weighted by atomic mass is 35.5. The van der Waals surface area contributed by atoms with Crippen LogP contribution < -0.4 is 4.74 Å². The molecule has 0 spiro atoms. The second kappa shape index (κ2) is 6.18. The van der Waals surface area contributed by atoms with Crippen molar-refractivity contribution in [3.05, 3.63) is 45.4 Å². The molecule has 96 valence electrons. The van der Waals surface area contributed by atoms with Crippen molar-refractivity contribution >= 4 is 22.9 Å². The Hall–Kier alpha value is -1.10. The van der Waals surface area contributed by atoms with Gasteiger partial charge in [0.2, 0.25) is 0 Å². The van der Waals surface area contributed by atoms with E-state index in [9.17, 15) is 5.11 Å². The van der Waals surface area contributed by atoms with Gasteiger partial charge in [0.1, 0.15) is 21.2 Å². The average Bonchev–Trinajstić information content (AvgIpc) is 2.83. The summed E-state index contributed by atoms with van der Waals surface area (Å²) < 4.78 is 6.06. The van der Waals surface area contributed by atoms with Crippen LogP contribution in [0.4, 0.5) is 0 Å². The molecule has 0 bridgehead atoms. The molecule has 0 aliphatic heterocycles. The van der Waals surface area contributed by atoms with Gasteiger partial charge in [-0.1, -0.05) is 30.7 Å². The predicted molar refractivity (Wildman–Crippen MR) is 73.4 cm³/mol. The number of thiazole rings is 1. The van der Waals surface area contributed by atoms with Crippen LogP contribution in [0.3, 0.4) is 0 Å². The van der Waals surface area contributed by atoms with E-state index in [1.54, 1.807) is 6.20 Å². The van der Waals surface area contributed by atoms with Crippen LogP contribution in [0.25, 0.3) is 0 Å². The number of halogens is 1. The Labute approximate surface area is 115 Å². The zero-order valence-electron chi connectivity index (χ0n) is 9.97. The number of hydrogen-bond donors (Lipinski definition) is 1. The first-order valence-corrected chi connectivity index (χ1v) is 6.92. The Kier molecular flexibility index (Phi) is 4.58. The van der Waals surface area contributed by atoms with E-state index in [1.807, 2.05) is 24.3 Å². The fourth-order valence-electron chi connectivity index (χ4n) is 1.50. The predicted octanol–water partition coefficient (Wildman–Crippen LogP) is 3.67. The molecule has 0 aliphatic rings. The van der Waals surface area contributed by atoms with Gasteiger partial charge < -0.3 is 9.84 Å². The molecule has 1 atom stereocenters. The molecule has 0 fully saturated rings. The summed E-state index contributed by atoms with van der Waals surface area (Å²) in [4.78, 5) is 4.07. The lowest BCUT2D eigenvalue weighted by molar-refractivity contribution is 0.219. The number of aromatic nitrogens is 1. The minimum Gasteiger partial charge on any atom is -0.494 e. The van der Waals surface area contributed by atoms with E-state index >= 15 is 0 Å². The van der Waals surface area contributed by atoms with Crippen molar-refractivity contribution in [1.29, 1.82) is 0 Å². The molecule has 1 unspecified atom stereocenters. The highest BCUT2D eigenvalue weighted by Crippen LogP contribution is 2.29. The standard InChI is InChI=1S/C13H14ClNO2S/c1-2-7-17-10-5-3-9(4-6-10)12(16)13-15-8-11(14)18-13/h3-6,8,12,16H,2,7H2,1H3. The average molecular weight is 284 g/mol. The van der Waals surface area contributed by atoms with Gasteiger partial charge in [0.15, 0.2) is 0 Å². The SMILES string of the molecule is CCCOc1ccc(C(O)c2ncc(Cl)s2)cc1. The summed E-state index contributed by atoms with van der Waals surface area (Å²) in [5, 5.41) is 10.7. The van der Waals surface area contributed by atoms with E-state index in [1.165, 1.54) is 11.3 Å². The summed E-state index contributed by atoms with van der Waals surface area (Å²) in [7, 11) is 0.